The molecule has 0 bridgehead atoms. The fourth-order valence-corrected chi connectivity index (χ4v) is 2.82. The second kappa shape index (κ2) is 6.56. The van der Waals surface area contributed by atoms with Crippen molar-refractivity contribution in [3.63, 3.8) is 0 Å². The molecule has 0 amide bonds. The third-order valence-corrected chi connectivity index (χ3v) is 3.95. The zero-order chi connectivity index (χ0) is 14.1. The Labute approximate surface area is 130 Å². The molecular formula is C15H21ClN4O. The first kappa shape index (κ1) is 15.9. The van der Waals surface area contributed by atoms with Gasteiger partial charge in [0.25, 0.3) is 5.56 Å². The predicted molar refractivity (Wildman–Crippen MR) is 85.9 cm³/mol. The van der Waals surface area contributed by atoms with Crippen LogP contribution >= 0.6 is 12.4 Å². The molecule has 21 heavy (non-hydrogen) atoms. The van der Waals surface area contributed by atoms with Crippen LogP contribution in [0.3, 0.4) is 0 Å². The molecule has 1 saturated heterocycles. The van der Waals surface area contributed by atoms with Crippen molar-refractivity contribution in [3.05, 3.63) is 46.0 Å². The lowest BCUT2D eigenvalue weighted by atomic mass is 10.1. The number of halogens is 1. The number of rotatable bonds is 3. The van der Waals surface area contributed by atoms with Crippen molar-refractivity contribution in [1.29, 1.82) is 0 Å². The minimum Gasteiger partial charge on any atom is -0.330 e. The summed E-state index contributed by atoms with van der Waals surface area (Å²) in [5, 5.41) is 0. The Hall–Kier alpha value is -1.43. The van der Waals surface area contributed by atoms with E-state index in [1.165, 1.54) is 0 Å². The molecule has 2 aromatic rings. The third-order valence-electron chi connectivity index (χ3n) is 3.95. The van der Waals surface area contributed by atoms with Crippen LogP contribution in [0.15, 0.2) is 29.2 Å². The molecule has 0 aromatic carbocycles. The molecule has 1 fully saturated rings. The van der Waals surface area contributed by atoms with Gasteiger partial charge in [0.05, 0.1) is 5.69 Å². The average Bonchev–Trinajstić information content (AvgIpc) is 2.87. The standard InChI is InChI=1S/C15H20N4O.ClH/c1-11-2-3-14-17-13(6-15(20)19(14)8-11)10-18-5-4-12(7-16)9-18;/h2-3,6,8,12H,4-5,7,9-10,16H2,1H3;1H. The second-order valence-corrected chi connectivity index (χ2v) is 5.65. The molecule has 2 N–H and O–H groups in total. The summed E-state index contributed by atoms with van der Waals surface area (Å²) >= 11 is 0. The maximum atomic E-state index is 12.1. The molecule has 3 rings (SSSR count). The Kier molecular flexibility index (Phi) is 4.98. The minimum atomic E-state index is -0.0109. The molecule has 114 valence electrons. The smallest absolute Gasteiger partial charge is 0.258 e. The zero-order valence-electron chi connectivity index (χ0n) is 12.2. The van der Waals surface area contributed by atoms with Crippen LogP contribution in [-0.2, 0) is 6.54 Å². The van der Waals surface area contributed by atoms with Crippen molar-refractivity contribution in [1.82, 2.24) is 14.3 Å². The molecule has 1 atom stereocenters. The van der Waals surface area contributed by atoms with Crippen LogP contribution in [-0.4, -0.2) is 33.9 Å². The second-order valence-electron chi connectivity index (χ2n) is 5.65. The van der Waals surface area contributed by atoms with Gasteiger partial charge in [0, 0.05) is 25.4 Å². The van der Waals surface area contributed by atoms with Crippen molar-refractivity contribution in [2.45, 2.75) is 19.9 Å². The van der Waals surface area contributed by atoms with E-state index in [0.717, 1.165) is 43.9 Å². The van der Waals surface area contributed by atoms with Gasteiger partial charge >= 0.3 is 0 Å². The van der Waals surface area contributed by atoms with Crippen molar-refractivity contribution in [2.24, 2.45) is 11.7 Å². The number of pyridine rings is 1. The molecule has 0 aliphatic carbocycles. The van der Waals surface area contributed by atoms with Gasteiger partial charge in [0.2, 0.25) is 0 Å². The highest BCUT2D eigenvalue weighted by molar-refractivity contribution is 5.85. The van der Waals surface area contributed by atoms with Gasteiger partial charge in [-0.25, -0.2) is 4.98 Å². The normalized spacial score (nSPS) is 18.9. The van der Waals surface area contributed by atoms with E-state index in [1.807, 2.05) is 25.3 Å². The number of hydrogen-bond acceptors (Lipinski definition) is 4. The van der Waals surface area contributed by atoms with E-state index in [0.29, 0.717) is 11.6 Å². The summed E-state index contributed by atoms with van der Waals surface area (Å²) in [6.45, 7) is 5.49. The molecule has 1 aliphatic rings. The van der Waals surface area contributed by atoms with E-state index in [2.05, 4.69) is 9.88 Å². The van der Waals surface area contributed by atoms with Crippen LogP contribution in [0.1, 0.15) is 17.7 Å². The highest BCUT2D eigenvalue weighted by Crippen LogP contribution is 2.16. The first-order valence-corrected chi connectivity index (χ1v) is 7.07. The van der Waals surface area contributed by atoms with E-state index >= 15 is 0 Å². The molecule has 3 heterocycles. The quantitative estimate of drug-likeness (QED) is 0.925. The Balaban J connectivity index is 0.00000161. The maximum absolute atomic E-state index is 12.1. The summed E-state index contributed by atoms with van der Waals surface area (Å²) in [4.78, 5) is 19.0. The summed E-state index contributed by atoms with van der Waals surface area (Å²) < 4.78 is 1.60. The maximum Gasteiger partial charge on any atom is 0.258 e. The number of hydrogen-bond donors (Lipinski definition) is 1. The van der Waals surface area contributed by atoms with Crippen molar-refractivity contribution in [3.8, 4) is 0 Å². The van der Waals surface area contributed by atoms with Gasteiger partial charge in [-0.15, -0.1) is 12.4 Å². The van der Waals surface area contributed by atoms with Crippen molar-refractivity contribution in [2.75, 3.05) is 19.6 Å². The van der Waals surface area contributed by atoms with Crippen LogP contribution in [0.2, 0.25) is 0 Å². The van der Waals surface area contributed by atoms with Gasteiger partial charge in [-0.3, -0.25) is 14.1 Å². The van der Waals surface area contributed by atoms with Gasteiger partial charge in [-0.05, 0) is 44.0 Å². The van der Waals surface area contributed by atoms with Crippen molar-refractivity contribution < 1.29 is 0 Å². The average molecular weight is 309 g/mol. The minimum absolute atomic E-state index is 0. The fraction of sp³-hybridized carbons (Fsp3) is 0.467. The van der Waals surface area contributed by atoms with E-state index in [4.69, 9.17) is 5.73 Å². The Morgan fingerprint density at radius 2 is 2.24 bits per heavy atom. The molecule has 1 unspecified atom stereocenters. The van der Waals surface area contributed by atoms with Crippen LogP contribution in [0.25, 0.3) is 5.65 Å². The summed E-state index contributed by atoms with van der Waals surface area (Å²) in [6.07, 6.45) is 2.97. The first-order chi connectivity index (χ1) is 9.65. The fourth-order valence-electron chi connectivity index (χ4n) is 2.82. The largest absolute Gasteiger partial charge is 0.330 e. The molecule has 2 aromatic heterocycles. The topological polar surface area (TPSA) is 63.6 Å². The predicted octanol–water partition coefficient (Wildman–Crippen LogP) is 1.21. The first-order valence-electron chi connectivity index (χ1n) is 7.07. The summed E-state index contributed by atoms with van der Waals surface area (Å²) in [7, 11) is 0. The number of fused-ring (bicyclic) bond motifs is 1. The molecule has 0 saturated carbocycles. The van der Waals surface area contributed by atoms with Crippen LogP contribution in [0.5, 0.6) is 0 Å². The van der Waals surface area contributed by atoms with E-state index in [-0.39, 0.29) is 18.0 Å². The van der Waals surface area contributed by atoms with Gasteiger partial charge in [-0.1, -0.05) is 6.07 Å². The lowest BCUT2D eigenvalue weighted by Gasteiger charge is -2.15. The number of nitrogens with two attached hydrogens (primary N) is 1. The van der Waals surface area contributed by atoms with E-state index in [9.17, 15) is 4.79 Å². The van der Waals surface area contributed by atoms with Crippen LogP contribution in [0.4, 0.5) is 0 Å². The molecule has 6 heteroatoms. The number of aromatic nitrogens is 2. The highest BCUT2D eigenvalue weighted by Gasteiger charge is 2.21. The number of aryl methyl sites for hydroxylation is 1. The van der Waals surface area contributed by atoms with E-state index < -0.39 is 0 Å². The Morgan fingerprint density at radius 3 is 2.95 bits per heavy atom. The van der Waals surface area contributed by atoms with Gasteiger partial charge < -0.3 is 5.73 Å². The van der Waals surface area contributed by atoms with Crippen molar-refractivity contribution >= 4 is 18.1 Å². The van der Waals surface area contributed by atoms with Crippen LogP contribution < -0.4 is 11.3 Å². The van der Waals surface area contributed by atoms with E-state index in [1.54, 1.807) is 10.5 Å². The lowest BCUT2D eigenvalue weighted by Crippen LogP contribution is -2.25. The molecular weight excluding hydrogens is 288 g/mol. The summed E-state index contributed by atoms with van der Waals surface area (Å²) in [6, 6.07) is 5.51. The molecule has 1 aliphatic heterocycles. The number of likely N-dealkylation sites (tertiary alicyclic amines) is 1. The molecule has 0 radical (unpaired) electrons. The monoisotopic (exact) mass is 308 g/mol. The van der Waals surface area contributed by atoms with Gasteiger partial charge in [0.15, 0.2) is 0 Å². The lowest BCUT2D eigenvalue weighted by molar-refractivity contribution is 0.314. The highest BCUT2D eigenvalue weighted by atomic mass is 35.5. The third kappa shape index (κ3) is 3.43. The van der Waals surface area contributed by atoms with Crippen LogP contribution in [0, 0.1) is 12.8 Å². The summed E-state index contributed by atoms with van der Waals surface area (Å²) in [5.41, 5.74) is 8.31. The summed E-state index contributed by atoms with van der Waals surface area (Å²) in [5.74, 6) is 0.583. The number of nitrogens with zero attached hydrogens (tertiary/aromatic N) is 3. The Morgan fingerprint density at radius 1 is 1.43 bits per heavy atom. The SMILES string of the molecule is Cc1ccc2nc(CN3CCC(CN)C3)cc(=O)n2c1.Cl. The molecule has 0 spiro atoms. The Bertz CT molecular complexity index is 685. The van der Waals surface area contributed by atoms with Gasteiger partial charge in [0.1, 0.15) is 5.65 Å². The molecule has 5 nitrogen and oxygen atoms in total. The zero-order valence-corrected chi connectivity index (χ0v) is 13.0. The van der Waals surface area contributed by atoms with Gasteiger partial charge in [-0.2, -0.15) is 0 Å².